The van der Waals surface area contributed by atoms with Crippen LogP contribution >= 0.6 is 11.8 Å². The van der Waals surface area contributed by atoms with E-state index in [1.807, 2.05) is 38.1 Å². The summed E-state index contributed by atoms with van der Waals surface area (Å²) in [5.41, 5.74) is 1.64. The first-order valence-corrected chi connectivity index (χ1v) is 9.72. The average molecular weight is 349 g/mol. The molecule has 24 heavy (non-hydrogen) atoms. The van der Waals surface area contributed by atoms with Crippen LogP contribution in [0.5, 0.6) is 0 Å². The molecule has 1 saturated heterocycles. The molecule has 2 rings (SSSR count). The van der Waals surface area contributed by atoms with Gasteiger partial charge < -0.3 is 10.2 Å². The number of carbonyl (C=O) groups excluding carboxylic acids is 2. The maximum Gasteiger partial charge on any atom is 0.255 e. The fourth-order valence-electron chi connectivity index (χ4n) is 2.79. The van der Waals surface area contributed by atoms with Gasteiger partial charge in [0.15, 0.2) is 0 Å². The Bertz CT molecular complexity index is 603. The number of benzene rings is 1. The van der Waals surface area contributed by atoms with Crippen LogP contribution in [-0.4, -0.2) is 39.9 Å². The third-order valence-electron chi connectivity index (χ3n) is 4.72. The van der Waals surface area contributed by atoms with Gasteiger partial charge in [0.05, 0.1) is 5.37 Å². The number of aryl methyl sites for hydroxylation is 1. The van der Waals surface area contributed by atoms with E-state index in [1.54, 1.807) is 16.7 Å². The number of hydrogen-bond donors (Lipinski definition) is 1. The second-order valence-corrected chi connectivity index (χ2v) is 7.99. The molecule has 1 aliphatic rings. The van der Waals surface area contributed by atoms with Crippen LogP contribution in [0.2, 0.25) is 0 Å². The van der Waals surface area contributed by atoms with Crippen molar-refractivity contribution < 1.29 is 9.59 Å². The highest BCUT2D eigenvalue weighted by atomic mass is 32.2. The second kappa shape index (κ2) is 8.06. The van der Waals surface area contributed by atoms with Crippen molar-refractivity contribution >= 4 is 23.6 Å². The summed E-state index contributed by atoms with van der Waals surface area (Å²) >= 11 is 1.70. The molecule has 0 aliphatic carbocycles. The van der Waals surface area contributed by atoms with Crippen molar-refractivity contribution in [3.63, 3.8) is 0 Å². The highest BCUT2D eigenvalue weighted by Crippen LogP contribution is 2.33. The first-order chi connectivity index (χ1) is 11.4. The van der Waals surface area contributed by atoms with Crippen LogP contribution in [0.4, 0.5) is 0 Å². The Morgan fingerprint density at radius 3 is 2.54 bits per heavy atom. The molecule has 0 spiro atoms. The highest BCUT2D eigenvalue weighted by molar-refractivity contribution is 8.00. The lowest BCUT2D eigenvalue weighted by Gasteiger charge is -2.30. The van der Waals surface area contributed by atoms with Crippen molar-refractivity contribution in [3.8, 4) is 0 Å². The van der Waals surface area contributed by atoms with Gasteiger partial charge in [0.1, 0.15) is 6.04 Å². The van der Waals surface area contributed by atoms with Gasteiger partial charge in [0, 0.05) is 17.4 Å². The minimum Gasteiger partial charge on any atom is -0.352 e. The van der Waals surface area contributed by atoms with Gasteiger partial charge in [0.25, 0.3) is 5.91 Å². The smallest absolute Gasteiger partial charge is 0.255 e. The van der Waals surface area contributed by atoms with Crippen LogP contribution in [0.3, 0.4) is 0 Å². The van der Waals surface area contributed by atoms with Gasteiger partial charge in [-0.05, 0) is 37.8 Å². The molecule has 4 nitrogen and oxygen atoms in total. The predicted octanol–water partition coefficient (Wildman–Crippen LogP) is 3.45. The van der Waals surface area contributed by atoms with E-state index in [9.17, 15) is 9.59 Å². The Kier molecular flexibility index (Phi) is 6.33. The van der Waals surface area contributed by atoms with Crippen LogP contribution in [-0.2, 0) is 4.79 Å². The van der Waals surface area contributed by atoms with Gasteiger partial charge in [-0.15, -0.1) is 11.8 Å². The number of carbonyl (C=O) groups is 2. The van der Waals surface area contributed by atoms with E-state index >= 15 is 0 Å². The third kappa shape index (κ3) is 3.94. The van der Waals surface area contributed by atoms with E-state index in [1.165, 1.54) is 0 Å². The molecule has 1 aromatic rings. The number of thioether (sulfide) groups is 1. The summed E-state index contributed by atoms with van der Waals surface area (Å²) in [7, 11) is 0. The molecule has 1 aromatic carbocycles. The van der Waals surface area contributed by atoms with E-state index in [0.29, 0.717) is 17.2 Å². The van der Waals surface area contributed by atoms with Crippen LogP contribution in [0.15, 0.2) is 24.3 Å². The molecular formula is C19H28N2O2S. The number of nitrogens with one attached hydrogen (secondary N) is 1. The zero-order chi connectivity index (χ0) is 17.9. The van der Waals surface area contributed by atoms with Crippen molar-refractivity contribution in [1.82, 2.24) is 10.2 Å². The molecule has 1 heterocycles. The molecule has 1 aliphatic heterocycles. The van der Waals surface area contributed by atoms with Gasteiger partial charge in [-0.3, -0.25) is 9.59 Å². The normalized spacial score (nSPS) is 21.8. The van der Waals surface area contributed by atoms with Gasteiger partial charge >= 0.3 is 0 Å². The molecule has 1 fully saturated rings. The zero-order valence-electron chi connectivity index (χ0n) is 15.2. The Balaban J connectivity index is 2.24. The molecule has 132 valence electrons. The molecule has 0 bridgehead atoms. The van der Waals surface area contributed by atoms with Gasteiger partial charge in [0.2, 0.25) is 5.91 Å². The Hall–Kier alpha value is -1.49. The first-order valence-electron chi connectivity index (χ1n) is 8.67. The zero-order valence-corrected chi connectivity index (χ0v) is 16.0. The van der Waals surface area contributed by atoms with E-state index in [0.717, 1.165) is 12.0 Å². The molecule has 3 atom stereocenters. The molecule has 0 aromatic heterocycles. The number of amides is 2. The minimum absolute atomic E-state index is 0.0395. The summed E-state index contributed by atoms with van der Waals surface area (Å²) in [6.07, 6.45) is 0.839. The SMILES string of the molecule is CCC1SCC(C(=O)NC(C)C(C)C)N1C(=O)c1ccccc1C. The highest BCUT2D eigenvalue weighted by Gasteiger charge is 2.41. The average Bonchev–Trinajstić information content (AvgIpc) is 2.98. The summed E-state index contributed by atoms with van der Waals surface area (Å²) in [6, 6.07) is 7.29. The van der Waals surface area contributed by atoms with Crippen molar-refractivity contribution in [3.05, 3.63) is 35.4 Å². The monoisotopic (exact) mass is 348 g/mol. The van der Waals surface area contributed by atoms with Crippen molar-refractivity contribution in [1.29, 1.82) is 0 Å². The minimum atomic E-state index is -0.395. The van der Waals surface area contributed by atoms with Crippen molar-refractivity contribution in [2.45, 2.75) is 58.5 Å². The molecule has 0 radical (unpaired) electrons. The maximum atomic E-state index is 13.1. The van der Waals surface area contributed by atoms with Crippen molar-refractivity contribution in [2.24, 2.45) is 5.92 Å². The molecular weight excluding hydrogens is 320 g/mol. The first kappa shape index (κ1) is 18.8. The second-order valence-electron chi connectivity index (χ2n) is 6.78. The van der Waals surface area contributed by atoms with Crippen LogP contribution < -0.4 is 5.32 Å². The summed E-state index contributed by atoms with van der Waals surface area (Å²) in [6.45, 7) is 10.2. The van der Waals surface area contributed by atoms with Gasteiger partial charge in [-0.25, -0.2) is 0 Å². The molecule has 0 saturated carbocycles. The lowest BCUT2D eigenvalue weighted by atomic mass is 10.0. The number of hydrogen-bond acceptors (Lipinski definition) is 3. The number of nitrogens with zero attached hydrogens (tertiary/aromatic N) is 1. The van der Waals surface area contributed by atoms with E-state index in [4.69, 9.17) is 0 Å². The Morgan fingerprint density at radius 2 is 1.96 bits per heavy atom. The standard InChI is InChI=1S/C19H28N2O2S/c1-6-17-21(19(23)15-10-8-7-9-13(15)4)16(11-24-17)18(22)20-14(5)12(2)3/h7-10,12,14,16-17H,6,11H2,1-5H3,(H,20,22). The molecule has 3 unspecified atom stereocenters. The molecule has 1 N–H and O–H groups in total. The van der Waals surface area contributed by atoms with Crippen LogP contribution in [0.1, 0.15) is 50.0 Å². The van der Waals surface area contributed by atoms with Crippen LogP contribution in [0, 0.1) is 12.8 Å². The van der Waals surface area contributed by atoms with E-state index < -0.39 is 6.04 Å². The van der Waals surface area contributed by atoms with Crippen LogP contribution in [0.25, 0.3) is 0 Å². The Labute approximate surface area is 149 Å². The summed E-state index contributed by atoms with van der Waals surface area (Å²) in [4.78, 5) is 27.6. The lowest BCUT2D eigenvalue weighted by Crippen LogP contribution is -2.52. The quantitative estimate of drug-likeness (QED) is 0.887. The number of rotatable bonds is 5. The Morgan fingerprint density at radius 1 is 1.29 bits per heavy atom. The lowest BCUT2D eigenvalue weighted by molar-refractivity contribution is -0.125. The van der Waals surface area contributed by atoms with E-state index in [2.05, 4.69) is 26.1 Å². The molecule has 2 amide bonds. The summed E-state index contributed by atoms with van der Waals surface area (Å²) in [5, 5.41) is 3.13. The predicted molar refractivity (Wildman–Crippen MR) is 100 cm³/mol. The van der Waals surface area contributed by atoms with E-state index in [-0.39, 0.29) is 23.2 Å². The van der Waals surface area contributed by atoms with Crippen molar-refractivity contribution in [2.75, 3.05) is 5.75 Å². The van der Waals surface area contributed by atoms with Gasteiger partial charge in [-0.2, -0.15) is 0 Å². The fraction of sp³-hybridized carbons (Fsp3) is 0.579. The van der Waals surface area contributed by atoms with Gasteiger partial charge in [-0.1, -0.05) is 39.0 Å². The largest absolute Gasteiger partial charge is 0.352 e. The topological polar surface area (TPSA) is 49.4 Å². The maximum absolute atomic E-state index is 13.1. The summed E-state index contributed by atoms with van der Waals surface area (Å²) < 4.78 is 0. The summed E-state index contributed by atoms with van der Waals surface area (Å²) in [5.74, 6) is 0.946. The molecule has 5 heteroatoms. The fourth-order valence-corrected chi connectivity index (χ4v) is 4.15. The third-order valence-corrected chi connectivity index (χ3v) is 6.18.